The molecular weight excluding hydrogens is 272 g/mol. The molecule has 0 fully saturated rings. The van der Waals surface area contributed by atoms with Crippen LogP contribution in [-0.4, -0.2) is 30.6 Å². The Hall–Kier alpha value is -1.66. The van der Waals surface area contributed by atoms with Crippen molar-refractivity contribution < 1.29 is 14.5 Å². The molecule has 19 heavy (non-hydrogen) atoms. The summed E-state index contributed by atoms with van der Waals surface area (Å²) < 4.78 is 5.13. The fraction of sp³-hybridized carbons (Fsp3) is 0.417. The van der Waals surface area contributed by atoms with Gasteiger partial charge < -0.3 is 10.1 Å². The zero-order valence-corrected chi connectivity index (χ0v) is 11.3. The Balaban J connectivity index is 2.61. The predicted octanol–water partition coefficient (Wildman–Crippen LogP) is 2.40. The lowest BCUT2D eigenvalue weighted by Gasteiger charge is -2.06. The quantitative estimate of drug-likeness (QED) is 0.474. The van der Waals surface area contributed by atoms with Gasteiger partial charge in [-0.1, -0.05) is 11.6 Å². The average Bonchev–Trinajstić information content (AvgIpc) is 2.38. The molecule has 0 aliphatic heterocycles. The first-order valence-corrected chi connectivity index (χ1v) is 6.24. The second-order valence-corrected chi connectivity index (χ2v) is 4.13. The number of nitrogens with zero attached hydrogens (tertiary/aromatic N) is 1. The number of hydrogen-bond acceptors (Lipinski definition) is 4. The molecule has 0 aromatic heterocycles. The number of hydrogen-bond donors (Lipinski definition) is 1. The molecule has 0 aliphatic carbocycles. The van der Waals surface area contributed by atoms with Crippen molar-refractivity contribution in [1.82, 2.24) is 5.32 Å². The summed E-state index contributed by atoms with van der Waals surface area (Å²) in [5.74, 6) is -0.426. The van der Waals surface area contributed by atoms with E-state index in [1.807, 2.05) is 6.92 Å². The molecule has 0 bridgehead atoms. The monoisotopic (exact) mass is 286 g/mol. The van der Waals surface area contributed by atoms with Gasteiger partial charge in [-0.3, -0.25) is 14.9 Å². The van der Waals surface area contributed by atoms with E-state index in [1.165, 1.54) is 18.2 Å². The Morgan fingerprint density at radius 3 is 2.89 bits per heavy atom. The summed E-state index contributed by atoms with van der Waals surface area (Å²) in [5.41, 5.74) is -0.0591. The summed E-state index contributed by atoms with van der Waals surface area (Å²) in [7, 11) is 0. The number of nitro groups is 1. The van der Waals surface area contributed by atoms with Crippen molar-refractivity contribution >= 4 is 23.2 Å². The first-order valence-electron chi connectivity index (χ1n) is 5.86. The van der Waals surface area contributed by atoms with E-state index in [-0.39, 0.29) is 16.3 Å². The van der Waals surface area contributed by atoms with Gasteiger partial charge in [0, 0.05) is 31.9 Å². The number of rotatable bonds is 7. The molecule has 0 aliphatic rings. The molecule has 1 amide bonds. The van der Waals surface area contributed by atoms with Gasteiger partial charge in [-0.15, -0.1) is 0 Å². The summed E-state index contributed by atoms with van der Waals surface area (Å²) >= 11 is 5.85. The van der Waals surface area contributed by atoms with Crippen LogP contribution in [0, 0.1) is 10.1 Å². The molecule has 0 spiro atoms. The van der Waals surface area contributed by atoms with E-state index in [2.05, 4.69) is 5.32 Å². The van der Waals surface area contributed by atoms with Crippen LogP contribution in [0.5, 0.6) is 0 Å². The van der Waals surface area contributed by atoms with Crippen molar-refractivity contribution in [2.45, 2.75) is 13.3 Å². The van der Waals surface area contributed by atoms with Crippen LogP contribution in [-0.2, 0) is 4.74 Å². The molecule has 1 N–H and O–H groups in total. The van der Waals surface area contributed by atoms with Gasteiger partial charge in [-0.25, -0.2) is 0 Å². The normalized spacial score (nSPS) is 10.2. The molecule has 1 aromatic rings. The summed E-state index contributed by atoms with van der Waals surface area (Å²) in [6, 6.07) is 3.77. The van der Waals surface area contributed by atoms with Crippen LogP contribution in [0.4, 0.5) is 5.69 Å². The third kappa shape index (κ3) is 4.84. The number of benzene rings is 1. The molecular formula is C12H15ClN2O4. The number of nitrogens with one attached hydrogen (secondary N) is 1. The number of carbonyl (C=O) groups is 1. The SMILES string of the molecule is CCOCCCNC(=O)c1cc([N+](=O)[O-])ccc1Cl. The van der Waals surface area contributed by atoms with Crippen molar-refractivity contribution in [1.29, 1.82) is 0 Å². The smallest absolute Gasteiger partial charge is 0.270 e. The Morgan fingerprint density at radius 2 is 2.26 bits per heavy atom. The number of halogens is 1. The molecule has 1 rings (SSSR count). The van der Waals surface area contributed by atoms with Crippen molar-refractivity contribution in [3.05, 3.63) is 38.9 Å². The zero-order chi connectivity index (χ0) is 14.3. The van der Waals surface area contributed by atoms with Gasteiger partial charge in [-0.2, -0.15) is 0 Å². The van der Waals surface area contributed by atoms with Crippen molar-refractivity contribution in [3.8, 4) is 0 Å². The van der Waals surface area contributed by atoms with E-state index in [9.17, 15) is 14.9 Å². The molecule has 6 nitrogen and oxygen atoms in total. The number of non-ortho nitro benzene ring substituents is 1. The standard InChI is InChI=1S/C12H15ClN2O4/c1-2-19-7-3-6-14-12(16)10-8-9(15(17)18)4-5-11(10)13/h4-5,8H,2-3,6-7H2,1H3,(H,14,16). The van der Waals surface area contributed by atoms with Crippen molar-refractivity contribution in [3.63, 3.8) is 0 Å². The molecule has 104 valence electrons. The Kier molecular flexibility index (Phi) is 6.24. The highest BCUT2D eigenvalue weighted by Gasteiger charge is 2.15. The van der Waals surface area contributed by atoms with Gasteiger partial charge in [0.15, 0.2) is 0 Å². The van der Waals surface area contributed by atoms with Crippen LogP contribution in [0.15, 0.2) is 18.2 Å². The highest BCUT2D eigenvalue weighted by molar-refractivity contribution is 6.33. The van der Waals surface area contributed by atoms with Gasteiger partial charge in [0.2, 0.25) is 0 Å². The maximum Gasteiger partial charge on any atom is 0.270 e. The lowest BCUT2D eigenvalue weighted by atomic mass is 10.2. The first-order chi connectivity index (χ1) is 9.06. The topological polar surface area (TPSA) is 81.5 Å². The van der Waals surface area contributed by atoms with Crippen LogP contribution < -0.4 is 5.32 Å². The van der Waals surface area contributed by atoms with Crippen molar-refractivity contribution in [2.75, 3.05) is 19.8 Å². The maximum absolute atomic E-state index is 11.8. The molecule has 0 heterocycles. The van der Waals surface area contributed by atoms with Gasteiger partial charge >= 0.3 is 0 Å². The number of nitro benzene ring substituents is 1. The van der Waals surface area contributed by atoms with E-state index in [4.69, 9.17) is 16.3 Å². The first kappa shape index (κ1) is 15.4. The Bertz CT molecular complexity index is 465. The van der Waals surface area contributed by atoms with E-state index in [0.717, 1.165) is 0 Å². The summed E-state index contributed by atoms with van der Waals surface area (Å²) in [5, 5.41) is 13.5. The largest absolute Gasteiger partial charge is 0.382 e. The van der Waals surface area contributed by atoms with Gasteiger partial charge in [-0.05, 0) is 19.4 Å². The summed E-state index contributed by atoms with van der Waals surface area (Å²) in [6.45, 7) is 3.50. The van der Waals surface area contributed by atoms with Gasteiger partial charge in [0.25, 0.3) is 11.6 Å². The van der Waals surface area contributed by atoms with E-state index >= 15 is 0 Å². The third-order valence-corrected chi connectivity index (χ3v) is 2.69. The number of ether oxygens (including phenoxy) is 1. The molecule has 0 unspecified atom stereocenters. The van der Waals surface area contributed by atoms with E-state index in [1.54, 1.807) is 0 Å². The van der Waals surface area contributed by atoms with Crippen LogP contribution in [0.1, 0.15) is 23.7 Å². The predicted molar refractivity (Wildman–Crippen MR) is 71.5 cm³/mol. The molecule has 0 saturated heterocycles. The highest BCUT2D eigenvalue weighted by Crippen LogP contribution is 2.21. The minimum atomic E-state index is -0.567. The van der Waals surface area contributed by atoms with E-state index in [0.29, 0.717) is 26.2 Å². The van der Waals surface area contributed by atoms with Crippen LogP contribution in [0.3, 0.4) is 0 Å². The second kappa shape index (κ2) is 7.70. The zero-order valence-electron chi connectivity index (χ0n) is 10.5. The van der Waals surface area contributed by atoms with Crippen LogP contribution in [0.2, 0.25) is 5.02 Å². The average molecular weight is 287 g/mol. The van der Waals surface area contributed by atoms with Crippen LogP contribution in [0.25, 0.3) is 0 Å². The van der Waals surface area contributed by atoms with Crippen LogP contribution >= 0.6 is 11.6 Å². The Morgan fingerprint density at radius 1 is 1.53 bits per heavy atom. The fourth-order valence-corrected chi connectivity index (χ4v) is 1.62. The molecule has 7 heteroatoms. The number of carbonyl (C=O) groups excluding carboxylic acids is 1. The lowest BCUT2D eigenvalue weighted by molar-refractivity contribution is -0.384. The molecule has 0 atom stereocenters. The molecule has 1 aromatic carbocycles. The minimum Gasteiger partial charge on any atom is -0.382 e. The van der Waals surface area contributed by atoms with Crippen molar-refractivity contribution in [2.24, 2.45) is 0 Å². The van der Waals surface area contributed by atoms with Gasteiger partial charge in [0.1, 0.15) is 0 Å². The molecule has 0 radical (unpaired) electrons. The highest BCUT2D eigenvalue weighted by atomic mass is 35.5. The summed E-state index contributed by atoms with van der Waals surface area (Å²) in [4.78, 5) is 21.9. The second-order valence-electron chi connectivity index (χ2n) is 3.73. The van der Waals surface area contributed by atoms with E-state index < -0.39 is 10.8 Å². The lowest BCUT2D eigenvalue weighted by Crippen LogP contribution is -2.25. The minimum absolute atomic E-state index is 0.104. The number of amides is 1. The Labute approximate surface area is 115 Å². The summed E-state index contributed by atoms with van der Waals surface area (Å²) in [6.07, 6.45) is 0.673. The fourth-order valence-electron chi connectivity index (χ4n) is 1.42. The van der Waals surface area contributed by atoms with Gasteiger partial charge in [0.05, 0.1) is 15.5 Å². The third-order valence-electron chi connectivity index (χ3n) is 2.36. The maximum atomic E-state index is 11.8. The molecule has 0 saturated carbocycles.